The number of hydrogen-bond donors (Lipinski definition) is 4. The Morgan fingerprint density at radius 3 is 2.56 bits per heavy atom. The van der Waals surface area contributed by atoms with Crippen LogP contribution < -0.4 is 22.1 Å². The summed E-state index contributed by atoms with van der Waals surface area (Å²) < 4.78 is 6.41. The van der Waals surface area contributed by atoms with E-state index in [0.717, 1.165) is 56.2 Å². The van der Waals surface area contributed by atoms with Crippen molar-refractivity contribution in [3.63, 3.8) is 0 Å². The molecule has 2 amide bonds. The molecule has 0 radical (unpaired) electrons. The number of rotatable bonds is 12. The summed E-state index contributed by atoms with van der Waals surface area (Å²) in [6, 6.07) is 23.5. The Kier molecular flexibility index (Phi) is 10.6. The molecule has 9 nitrogen and oxygen atoms in total. The highest BCUT2D eigenvalue weighted by molar-refractivity contribution is 5.90. The molecule has 4 atom stereocenters. The van der Waals surface area contributed by atoms with Gasteiger partial charge in [-0.1, -0.05) is 73.2 Å². The van der Waals surface area contributed by atoms with E-state index in [0.29, 0.717) is 26.1 Å². The molecule has 0 aromatic heterocycles. The van der Waals surface area contributed by atoms with Gasteiger partial charge in [0.2, 0.25) is 11.8 Å². The van der Waals surface area contributed by atoms with Gasteiger partial charge in [0.25, 0.3) is 0 Å². The van der Waals surface area contributed by atoms with Crippen LogP contribution in [-0.4, -0.2) is 66.5 Å². The maximum absolute atomic E-state index is 14.3. The van der Waals surface area contributed by atoms with Crippen molar-refractivity contribution < 1.29 is 14.3 Å². The highest BCUT2D eigenvalue weighted by Crippen LogP contribution is 2.27. The second-order valence-electron chi connectivity index (χ2n) is 11.7. The molecule has 0 saturated carbocycles. The monoisotopic (exact) mass is 584 g/mol. The number of likely N-dealkylation sites (tertiary alicyclic amines) is 1. The van der Waals surface area contributed by atoms with Gasteiger partial charge in [-0.15, -0.1) is 0 Å². The van der Waals surface area contributed by atoms with E-state index in [-0.39, 0.29) is 36.0 Å². The van der Waals surface area contributed by atoms with Gasteiger partial charge in [0.05, 0.1) is 18.8 Å². The molecule has 2 fully saturated rings. The number of guanidine groups is 1. The van der Waals surface area contributed by atoms with Gasteiger partial charge >= 0.3 is 0 Å². The highest BCUT2D eigenvalue weighted by Gasteiger charge is 2.39. The Balaban J connectivity index is 1.30. The van der Waals surface area contributed by atoms with Crippen LogP contribution in [0.25, 0.3) is 10.8 Å². The van der Waals surface area contributed by atoms with E-state index in [1.807, 2.05) is 47.4 Å². The summed E-state index contributed by atoms with van der Waals surface area (Å²) in [7, 11) is 0. The lowest BCUT2D eigenvalue weighted by Crippen LogP contribution is -2.56. The standard InChI is InChI=1S/C34H44N6O3/c35-34(36)38-18-8-13-28-21-29(43-23-25-15-16-26-11-4-5-12-27(26)19-25)22-40(28)33(42)31(20-24-9-2-1-3-10-24)39-32(41)30-14-6-7-17-37-30/h1-5,9-12,15-16,19,28-31,37H,6-8,13-14,17-18,20-23H2,(H,39,41)(H4,35,36,38)/t28-,29-,30+,31-/m1/s1. The summed E-state index contributed by atoms with van der Waals surface area (Å²) in [4.78, 5) is 33.6. The van der Waals surface area contributed by atoms with Crippen LogP contribution >= 0.6 is 0 Å². The molecule has 2 saturated heterocycles. The van der Waals surface area contributed by atoms with Gasteiger partial charge in [0.1, 0.15) is 6.04 Å². The molecule has 3 aromatic rings. The molecule has 2 aliphatic heterocycles. The zero-order valence-corrected chi connectivity index (χ0v) is 24.8. The van der Waals surface area contributed by atoms with Gasteiger partial charge in [0, 0.05) is 25.6 Å². The lowest BCUT2D eigenvalue weighted by molar-refractivity contribution is -0.138. The predicted molar refractivity (Wildman–Crippen MR) is 170 cm³/mol. The maximum Gasteiger partial charge on any atom is 0.245 e. The van der Waals surface area contributed by atoms with Crippen molar-refractivity contribution >= 4 is 28.5 Å². The molecule has 228 valence electrons. The molecule has 2 aliphatic rings. The summed E-state index contributed by atoms with van der Waals surface area (Å²) in [5, 5.41) is 8.80. The predicted octanol–water partition coefficient (Wildman–Crippen LogP) is 3.25. The molecule has 0 unspecified atom stereocenters. The number of piperidine rings is 1. The number of amides is 2. The zero-order chi connectivity index (χ0) is 30.0. The van der Waals surface area contributed by atoms with Gasteiger partial charge in [-0.25, -0.2) is 0 Å². The van der Waals surface area contributed by atoms with Crippen LogP contribution in [0.5, 0.6) is 0 Å². The minimum atomic E-state index is -0.668. The number of nitrogens with zero attached hydrogens (tertiary/aromatic N) is 2. The first-order chi connectivity index (χ1) is 21.0. The first-order valence-corrected chi connectivity index (χ1v) is 15.5. The third-order valence-corrected chi connectivity index (χ3v) is 8.47. The number of carbonyl (C=O) groups is 2. The normalized spacial score (nSPS) is 20.9. The fourth-order valence-electron chi connectivity index (χ4n) is 6.21. The Morgan fingerprint density at radius 1 is 1.00 bits per heavy atom. The van der Waals surface area contributed by atoms with Gasteiger partial charge in [-0.3, -0.25) is 14.6 Å². The first kappa shape index (κ1) is 30.5. The van der Waals surface area contributed by atoms with E-state index < -0.39 is 6.04 Å². The van der Waals surface area contributed by atoms with Crippen molar-refractivity contribution in [3.05, 3.63) is 83.9 Å². The number of nitrogens with one attached hydrogen (secondary N) is 2. The third-order valence-electron chi connectivity index (χ3n) is 8.47. The summed E-state index contributed by atoms with van der Waals surface area (Å²) in [6.45, 7) is 2.26. The smallest absolute Gasteiger partial charge is 0.245 e. The van der Waals surface area contributed by atoms with Crippen LogP contribution in [0, 0.1) is 0 Å². The Bertz CT molecular complexity index is 1390. The Hall–Kier alpha value is -3.95. The van der Waals surface area contributed by atoms with E-state index in [4.69, 9.17) is 16.2 Å². The summed E-state index contributed by atoms with van der Waals surface area (Å²) >= 11 is 0. The van der Waals surface area contributed by atoms with Crippen molar-refractivity contribution in [2.75, 3.05) is 19.6 Å². The average Bonchev–Trinajstić information content (AvgIpc) is 3.45. The van der Waals surface area contributed by atoms with E-state index in [2.05, 4.69) is 46.0 Å². The number of aliphatic imine (C=N–C) groups is 1. The van der Waals surface area contributed by atoms with Gasteiger partial charge < -0.3 is 31.7 Å². The second kappa shape index (κ2) is 15.0. The lowest BCUT2D eigenvalue weighted by Gasteiger charge is -2.31. The number of fused-ring (bicyclic) bond motifs is 1. The average molecular weight is 585 g/mol. The molecule has 3 aromatic carbocycles. The van der Waals surface area contributed by atoms with Crippen molar-refractivity contribution in [2.24, 2.45) is 16.5 Å². The fraction of sp³-hybridized carbons (Fsp3) is 0.441. The maximum atomic E-state index is 14.3. The molecule has 0 bridgehead atoms. The van der Waals surface area contributed by atoms with Crippen LogP contribution in [0.15, 0.2) is 77.8 Å². The number of nitrogens with two attached hydrogens (primary N) is 2. The quantitative estimate of drug-likeness (QED) is 0.147. The molecular formula is C34H44N6O3. The lowest BCUT2D eigenvalue weighted by atomic mass is 10.0. The van der Waals surface area contributed by atoms with Crippen LogP contribution in [0.2, 0.25) is 0 Å². The largest absolute Gasteiger partial charge is 0.372 e. The van der Waals surface area contributed by atoms with Crippen molar-refractivity contribution in [3.8, 4) is 0 Å². The van der Waals surface area contributed by atoms with Crippen LogP contribution in [0.3, 0.4) is 0 Å². The number of ether oxygens (including phenoxy) is 1. The fourth-order valence-corrected chi connectivity index (χ4v) is 6.21. The van der Waals surface area contributed by atoms with E-state index in [1.165, 1.54) is 10.8 Å². The van der Waals surface area contributed by atoms with Crippen LogP contribution in [0.1, 0.15) is 49.7 Å². The number of benzene rings is 3. The van der Waals surface area contributed by atoms with Gasteiger partial charge in [-0.05, 0) is 66.6 Å². The van der Waals surface area contributed by atoms with Crippen LogP contribution in [0.4, 0.5) is 0 Å². The third kappa shape index (κ3) is 8.55. The number of carbonyl (C=O) groups excluding carboxylic acids is 2. The minimum Gasteiger partial charge on any atom is -0.372 e. The molecule has 5 rings (SSSR count). The SMILES string of the molecule is NC(N)=NCCC[C@@H]1C[C@@H](OCc2ccc3ccccc3c2)CN1C(=O)[C@@H](Cc1ccccc1)NC(=O)[C@@H]1CCCCN1. The van der Waals surface area contributed by atoms with E-state index in [1.54, 1.807) is 0 Å². The second-order valence-corrected chi connectivity index (χ2v) is 11.7. The minimum absolute atomic E-state index is 0.0358. The molecule has 6 N–H and O–H groups in total. The van der Waals surface area contributed by atoms with Gasteiger partial charge in [-0.2, -0.15) is 0 Å². The van der Waals surface area contributed by atoms with Gasteiger partial charge in [0.15, 0.2) is 5.96 Å². The molecule has 0 spiro atoms. The Labute approximate surface area is 254 Å². The first-order valence-electron chi connectivity index (χ1n) is 15.5. The summed E-state index contributed by atoms with van der Waals surface area (Å²) in [5.41, 5.74) is 13.2. The summed E-state index contributed by atoms with van der Waals surface area (Å²) in [6.07, 6.45) is 5.36. The Morgan fingerprint density at radius 2 is 1.79 bits per heavy atom. The topological polar surface area (TPSA) is 135 Å². The molecule has 2 heterocycles. The zero-order valence-electron chi connectivity index (χ0n) is 24.8. The highest BCUT2D eigenvalue weighted by atomic mass is 16.5. The molecule has 43 heavy (non-hydrogen) atoms. The summed E-state index contributed by atoms with van der Waals surface area (Å²) in [5.74, 6) is -0.115. The van der Waals surface area contributed by atoms with Crippen molar-refractivity contribution in [1.29, 1.82) is 0 Å². The number of hydrogen-bond acceptors (Lipinski definition) is 5. The molecular weight excluding hydrogens is 540 g/mol. The molecule has 0 aliphatic carbocycles. The molecule has 9 heteroatoms. The van der Waals surface area contributed by atoms with E-state index in [9.17, 15) is 9.59 Å². The van der Waals surface area contributed by atoms with Crippen LogP contribution in [-0.2, 0) is 27.4 Å². The van der Waals surface area contributed by atoms with E-state index >= 15 is 0 Å². The van der Waals surface area contributed by atoms with Crippen molar-refractivity contribution in [1.82, 2.24) is 15.5 Å². The van der Waals surface area contributed by atoms with Crippen molar-refractivity contribution in [2.45, 2.75) is 75.8 Å².